The minimum absolute atomic E-state index is 0.140. The number of benzene rings is 2. The Labute approximate surface area is 177 Å². The number of carbonyl (C=O) groups is 1. The fourth-order valence-corrected chi connectivity index (χ4v) is 4.77. The molecule has 1 fully saturated rings. The fourth-order valence-electron chi connectivity index (χ4n) is 3.33. The van der Waals surface area contributed by atoms with Gasteiger partial charge in [-0.3, -0.25) is 0 Å². The number of nitrogens with one attached hydrogen (secondary N) is 1. The highest BCUT2D eigenvalue weighted by molar-refractivity contribution is 7.89. The Hall–Kier alpha value is -2.78. The lowest BCUT2D eigenvalue weighted by atomic mass is 10.1. The number of carbonyl (C=O) groups excluding carboxylic acids is 1. The first kappa shape index (κ1) is 21.9. The van der Waals surface area contributed by atoms with Crippen molar-refractivity contribution < 1.29 is 22.7 Å². The van der Waals surface area contributed by atoms with E-state index in [1.54, 1.807) is 11.0 Å². The van der Waals surface area contributed by atoms with Crippen LogP contribution in [0.4, 0.5) is 4.79 Å². The van der Waals surface area contributed by atoms with Crippen LogP contribution in [0.1, 0.15) is 5.56 Å². The van der Waals surface area contributed by atoms with Gasteiger partial charge >= 0.3 is 6.03 Å². The Morgan fingerprint density at radius 3 is 2.27 bits per heavy atom. The highest BCUT2D eigenvalue weighted by atomic mass is 32.2. The maximum Gasteiger partial charge on any atom is 0.317 e. The van der Waals surface area contributed by atoms with E-state index in [2.05, 4.69) is 5.32 Å². The van der Waals surface area contributed by atoms with Crippen molar-refractivity contribution in [3.8, 4) is 11.5 Å². The van der Waals surface area contributed by atoms with Gasteiger partial charge < -0.3 is 19.7 Å². The third-order valence-electron chi connectivity index (χ3n) is 5.05. The lowest BCUT2D eigenvalue weighted by Crippen LogP contribution is -2.53. The van der Waals surface area contributed by atoms with E-state index in [-0.39, 0.29) is 24.0 Å². The third-order valence-corrected chi connectivity index (χ3v) is 6.95. The predicted octanol–water partition coefficient (Wildman–Crippen LogP) is 1.96. The largest absolute Gasteiger partial charge is 0.493 e. The summed E-state index contributed by atoms with van der Waals surface area (Å²) >= 11 is 0. The first-order valence-corrected chi connectivity index (χ1v) is 11.2. The van der Waals surface area contributed by atoms with Crippen LogP contribution >= 0.6 is 0 Å². The predicted molar refractivity (Wildman–Crippen MR) is 113 cm³/mol. The van der Waals surface area contributed by atoms with E-state index in [4.69, 9.17) is 9.47 Å². The molecule has 8 nitrogen and oxygen atoms in total. The van der Waals surface area contributed by atoms with Crippen LogP contribution in [0.3, 0.4) is 0 Å². The topological polar surface area (TPSA) is 88.2 Å². The monoisotopic (exact) mass is 433 g/mol. The average Bonchev–Trinajstić information content (AvgIpc) is 2.79. The number of hydrogen-bond acceptors (Lipinski definition) is 5. The molecule has 1 saturated heterocycles. The van der Waals surface area contributed by atoms with Gasteiger partial charge in [-0.15, -0.1) is 0 Å². The number of nitrogens with zero attached hydrogens (tertiary/aromatic N) is 2. The first-order valence-electron chi connectivity index (χ1n) is 9.74. The molecule has 0 spiro atoms. The molecular weight excluding hydrogens is 406 g/mol. The minimum atomic E-state index is -3.68. The zero-order valence-electron chi connectivity index (χ0n) is 17.2. The molecule has 0 radical (unpaired) electrons. The molecular formula is C21H27N3O5S. The van der Waals surface area contributed by atoms with Crippen LogP contribution in [-0.2, 0) is 16.4 Å². The van der Waals surface area contributed by atoms with Gasteiger partial charge in [0.2, 0.25) is 10.0 Å². The second kappa shape index (κ2) is 9.82. The van der Waals surface area contributed by atoms with Crippen molar-refractivity contribution in [3.05, 3.63) is 54.1 Å². The highest BCUT2D eigenvalue weighted by Crippen LogP contribution is 2.30. The number of sulfonamides is 1. The van der Waals surface area contributed by atoms with Crippen molar-refractivity contribution in [1.29, 1.82) is 0 Å². The Morgan fingerprint density at radius 1 is 0.967 bits per heavy atom. The zero-order valence-corrected chi connectivity index (χ0v) is 18.0. The third kappa shape index (κ3) is 5.03. The maximum absolute atomic E-state index is 13.0. The Bertz CT molecular complexity index is 958. The van der Waals surface area contributed by atoms with Crippen molar-refractivity contribution in [2.75, 3.05) is 46.9 Å². The van der Waals surface area contributed by atoms with E-state index < -0.39 is 10.0 Å². The van der Waals surface area contributed by atoms with Crippen LogP contribution in [0.5, 0.6) is 11.5 Å². The standard InChI is InChI=1S/C21H27N3O5S/c1-28-19-9-8-18(16-20(19)29-2)30(26,27)24-14-12-23(13-15-24)21(25)22-11-10-17-6-4-3-5-7-17/h3-9,16H,10-15H2,1-2H3,(H,22,25). The molecule has 0 aliphatic carbocycles. The summed E-state index contributed by atoms with van der Waals surface area (Å²) in [7, 11) is -0.724. The molecule has 162 valence electrons. The van der Waals surface area contributed by atoms with E-state index in [1.165, 1.54) is 30.7 Å². The quantitative estimate of drug-likeness (QED) is 0.721. The SMILES string of the molecule is COc1ccc(S(=O)(=O)N2CCN(C(=O)NCCc3ccccc3)CC2)cc1OC. The van der Waals surface area contributed by atoms with Gasteiger partial charge in [0.15, 0.2) is 11.5 Å². The van der Waals surface area contributed by atoms with Crippen molar-refractivity contribution in [2.24, 2.45) is 0 Å². The summed E-state index contributed by atoms with van der Waals surface area (Å²) in [4.78, 5) is 14.2. The zero-order chi connectivity index (χ0) is 21.6. The van der Waals surface area contributed by atoms with E-state index in [0.717, 1.165) is 12.0 Å². The van der Waals surface area contributed by atoms with Gasteiger partial charge in [-0.2, -0.15) is 4.31 Å². The molecule has 1 N–H and O–H groups in total. The number of methoxy groups -OCH3 is 2. The lowest BCUT2D eigenvalue weighted by molar-refractivity contribution is 0.172. The molecule has 1 aliphatic rings. The van der Waals surface area contributed by atoms with Gasteiger partial charge in [-0.1, -0.05) is 30.3 Å². The summed E-state index contributed by atoms with van der Waals surface area (Å²) < 4.78 is 37.7. The van der Waals surface area contributed by atoms with Gasteiger partial charge in [0, 0.05) is 38.8 Å². The van der Waals surface area contributed by atoms with E-state index in [1.807, 2.05) is 30.3 Å². The van der Waals surface area contributed by atoms with Gasteiger partial charge in [0.1, 0.15) is 0 Å². The summed E-state index contributed by atoms with van der Waals surface area (Å²) in [5, 5.41) is 2.90. The van der Waals surface area contributed by atoms with Crippen LogP contribution in [0, 0.1) is 0 Å². The lowest BCUT2D eigenvalue weighted by Gasteiger charge is -2.34. The summed E-state index contributed by atoms with van der Waals surface area (Å²) in [6.07, 6.45) is 0.750. The van der Waals surface area contributed by atoms with Gasteiger partial charge in [-0.05, 0) is 24.1 Å². The Kier molecular flexibility index (Phi) is 7.17. The maximum atomic E-state index is 13.0. The summed E-state index contributed by atoms with van der Waals surface area (Å²) in [5.41, 5.74) is 1.16. The summed E-state index contributed by atoms with van der Waals surface area (Å²) in [6, 6.07) is 14.3. The van der Waals surface area contributed by atoms with Gasteiger partial charge in [0.25, 0.3) is 0 Å². The molecule has 0 unspecified atom stereocenters. The van der Waals surface area contributed by atoms with Crippen LogP contribution < -0.4 is 14.8 Å². The Morgan fingerprint density at radius 2 is 1.63 bits per heavy atom. The van der Waals surface area contributed by atoms with Gasteiger partial charge in [0.05, 0.1) is 19.1 Å². The number of hydrogen-bond donors (Lipinski definition) is 1. The average molecular weight is 434 g/mol. The molecule has 9 heteroatoms. The number of piperazine rings is 1. The number of rotatable bonds is 7. The van der Waals surface area contributed by atoms with Crippen molar-refractivity contribution in [1.82, 2.24) is 14.5 Å². The smallest absolute Gasteiger partial charge is 0.317 e. The molecule has 0 atom stereocenters. The molecule has 3 rings (SSSR count). The number of ether oxygens (including phenoxy) is 2. The van der Waals surface area contributed by atoms with Crippen LogP contribution in [0.15, 0.2) is 53.4 Å². The fraction of sp³-hybridized carbons (Fsp3) is 0.381. The number of amides is 2. The summed E-state index contributed by atoms with van der Waals surface area (Å²) in [5.74, 6) is 0.823. The van der Waals surface area contributed by atoms with Crippen molar-refractivity contribution >= 4 is 16.1 Å². The normalized spacial score (nSPS) is 14.9. The van der Waals surface area contributed by atoms with Crippen molar-refractivity contribution in [2.45, 2.75) is 11.3 Å². The minimum Gasteiger partial charge on any atom is -0.493 e. The molecule has 1 aliphatic heterocycles. The summed E-state index contributed by atoms with van der Waals surface area (Å²) in [6.45, 7) is 1.69. The van der Waals surface area contributed by atoms with E-state index in [9.17, 15) is 13.2 Å². The van der Waals surface area contributed by atoms with Crippen molar-refractivity contribution in [3.63, 3.8) is 0 Å². The molecule has 1 heterocycles. The Balaban J connectivity index is 1.54. The number of urea groups is 1. The van der Waals surface area contributed by atoms with E-state index >= 15 is 0 Å². The molecule has 2 amide bonds. The van der Waals surface area contributed by atoms with E-state index in [0.29, 0.717) is 31.1 Å². The molecule has 30 heavy (non-hydrogen) atoms. The van der Waals surface area contributed by atoms with Crippen LogP contribution in [0.25, 0.3) is 0 Å². The molecule has 2 aromatic rings. The van der Waals surface area contributed by atoms with Crippen LogP contribution in [0.2, 0.25) is 0 Å². The molecule has 0 bridgehead atoms. The second-order valence-electron chi connectivity index (χ2n) is 6.88. The van der Waals surface area contributed by atoms with Gasteiger partial charge in [-0.25, -0.2) is 13.2 Å². The molecule has 0 aromatic heterocycles. The molecule has 2 aromatic carbocycles. The second-order valence-corrected chi connectivity index (χ2v) is 8.81. The highest BCUT2D eigenvalue weighted by Gasteiger charge is 2.30. The first-order chi connectivity index (χ1) is 14.5. The van der Waals surface area contributed by atoms with Crippen LogP contribution in [-0.4, -0.2) is 70.6 Å². The molecule has 0 saturated carbocycles.